The summed E-state index contributed by atoms with van der Waals surface area (Å²) in [5.41, 5.74) is 1.52. The Hall–Kier alpha value is -1.80. The van der Waals surface area contributed by atoms with Crippen molar-refractivity contribution >= 4 is 44.8 Å². The molecule has 0 radical (unpaired) electrons. The summed E-state index contributed by atoms with van der Waals surface area (Å²) < 4.78 is 32.9. The fraction of sp³-hybridized carbons (Fsp3) is 0.381. The molecule has 1 amide bonds. The second-order valence-corrected chi connectivity index (χ2v) is 9.96. The molecule has 0 bridgehead atoms. The number of benzene rings is 2. The minimum atomic E-state index is -3.77. The molecule has 162 valence electrons. The first-order chi connectivity index (χ1) is 14.2. The molecule has 1 fully saturated rings. The number of aryl methyl sites for hydroxylation is 1. The van der Waals surface area contributed by atoms with Crippen LogP contribution in [0.15, 0.2) is 41.3 Å². The standard InChI is InChI=1S/C21H24Cl2N2O4S/c1-3-29-20-9-7-17(12-18(20)23)30(27,28)25-10-4-5-15(13-25)21(26)24-19-8-6-16(22)11-14(19)2/h6-9,11-12,15H,3-5,10,13H2,1-2H3,(H,24,26)/t15-/m0/s1. The fourth-order valence-electron chi connectivity index (χ4n) is 3.44. The van der Waals surface area contributed by atoms with Gasteiger partial charge in [0.25, 0.3) is 0 Å². The molecule has 3 rings (SSSR count). The van der Waals surface area contributed by atoms with Gasteiger partial charge in [-0.15, -0.1) is 0 Å². The predicted octanol–water partition coefficient (Wildman–Crippen LogP) is 4.74. The lowest BCUT2D eigenvalue weighted by atomic mass is 9.98. The highest BCUT2D eigenvalue weighted by molar-refractivity contribution is 7.89. The van der Waals surface area contributed by atoms with E-state index in [0.717, 1.165) is 5.56 Å². The van der Waals surface area contributed by atoms with Crippen LogP contribution in [-0.2, 0) is 14.8 Å². The van der Waals surface area contributed by atoms with Crippen LogP contribution < -0.4 is 10.1 Å². The van der Waals surface area contributed by atoms with Crippen molar-refractivity contribution in [2.24, 2.45) is 5.92 Å². The molecule has 0 spiro atoms. The van der Waals surface area contributed by atoms with E-state index < -0.39 is 15.9 Å². The van der Waals surface area contributed by atoms with Crippen molar-refractivity contribution in [1.29, 1.82) is 0 Å². The number of hydrogen-bond donors (Lipinski definition) is 1. The molecule has 1 aliphatic heterocycles. The number of carbonyl (C=O) groups excluding carboxylic acids is 1. The maximum Gasteiger partial charge on any atom is 0.243 e. The highest BCUT2D eigenvalue weighted by atomic mass is 35.5. The number of halogens is 2. The van der Waals surface area contributed by atoms with Crippen LogP contribution in [0.25, 0.3) is 0 Å². The largest absolute Gasteiger partial charge is 0.492 e. The third-order valence-corrected chi connectivity index (χ3v) is 7.43. The summed E-state index contributed by atoms with van der Waals surface area (Å²) >= 11 is 12.1. The highest BCUT2D eigenvalue weighted by Gasteiger charge is 2.33. The van der Waals surface area contributed by atoms with Gasteiger partial charge in [-0.2, -0.15) is 4.31 Å². The van der Waals surface area contributed by atoms with Gasteiger partial charge in [0.05, 0.1) is 22.4 Å². The molecule has 0 aliphatic carbocycles. The van der Waals surface area contributed by atoms with E-state index in [2.05, 4.69) is 5.32 Å². The van der Waals surface area contributed by atoms with Gasteiger partial charge >= 0.3 is 0 Å². The Morgan fingerprint density at radius 2 is 2.00 bits per heavy atom. The minimum absolute atomic E-state index is 0.0885. The molecule has 6 nitrogen and oxygen atoms in total. The number of anilines is 1. The smallest absolute Gasteiger partial charge is 0.243 e. The molecule has 0 aromatic heterocycles. The zero-order chi connectivity index (χ0) is 21.9. The van der Waals surface area contributed by atoms with Crippen molar-refractivity contribution < 1.29 is 17.9 Å². The first-order valence-electron chi connectivity index (χ1n) is 9.72. The average molecular weight is 471 g/mol. The van der Waals surface area contributed by atoms with E-state index in [0.29, 0.717) is 42.5 Å². The quantitative estimate of drug-likeness (QED) is 0.661. The highest BCUT2D eigenvalue weighted by Crippen LogP contribution is 2.31. The fourth-order valence-corrected chi connectivity index (χ4v) is 5.52. The summed E-state index contributed by atoms with van der Waals surface area (Å²) in [5.74, 6) is -0.209. The van der Waals surface area contributed by atoms with Gasteiger partial charge in [0, 0.05) is 23.8 Å². The third-order valence-electron chi connectivity index (χ3n) is 5.04. The molecular weight excluding hydrogens is 447 g/mol. The molecule has 0 unspecified atom stereocenters. The molecule has 1 saturated heterocycles. The van der Waals surface area contributed by atoms with Crippen molar-refractivity contribution in [2.75, 3.05) is 25.0 Å². The summed E-state index contributed by atoms with van der Waals surface area (Å²) in [6.07, 6.45) is 1.22. The number of sulfonamides is 1. The Morgan fingerprint density at radius 3 is 2.67 bits per heavy atom. The van der Waals surface area contributed by atoms with Gasteiger partial charge in [-0.3, -0.25) is 4.79 Å². The maximum absolute atomic E-state index is 13.1. The summed E-state index contributed by atoms with van der Waals surface area (Å²) in [5, 5.41) is 3.72. The number of hydrogen-bond acceptors (Lipinski definition) is 4. The van der Waals surface area contributed by atoms with Crippen LogP contribution in [0.1, 0.15) is 25.3 Å². The Bertz CT molecular complexity index is 1040. The maximum atomic E-state index is 13.1. The summed E-state index contributed by atoms with van der Waals surface area (Å²) in [4.78, 5) is 12.9. The SMILES string of the molecule is CCOc1ccc(S(=O)(=O)N2CCC[C@H](C(=O)Nc3ccc(Cl)cc3C)C2)cc1Cl. The monoisotopic (exact) mass is 470 g/mol. The van der Waals surface area contributed by atoms with E-state index in [1.807, 2.05) is 13.8 Å². The van der Waals surface area contributed by atoms with E-state index >= 15 is 0 Å². The van der Waals surface area contributed by atoms with Gasteiger partial charge in [0.2, 0.25) is 15.9 Å². The van der Waals surface area contributed by atoms with Crippen LogP contribution in [-0.4, -0.2) is 38.3 Å². The van der Waals surface area contributed by atoms with Crippen LogP contribution in [0, 0.1) is 12.8 Å². The van der Waals surface area contributed by atoms with Gasteiger partial charge < -0.3 is 10.1 Å². The second-order valence-electron chi connectivity index (χ2n) is 7.18. The molecule has 1 heterocycles. The lowest BCUT2D eigenvalue weighted by molar-refractivity contribution is -0.120. The Labute approximate surface area is 187 Å². The van der Waals surface area contributed by atoms with E-state index in [1.165, 1.54) is 16.4 Å². The van der Waals surface area contributed by atoms with Gasteiger partial charge in [-0.05, 0) is 68.7 Å². The number of nitrogens with one attached hydrogen (secondary N) is 1. The Balaban J connectivity index is 1.74. The molecule has 2 aromatic rings. The zero-order valence-corrected chi connectivity index (χ0v) is 19.1. The zero-order valence-electron chi connectivity index (χ0n) is 16.8. The predicted molar refractivity (Wildman–Crippen MR) is 119 cm³/mol. The molecule has 2 aromatic carbocycles. The molecule has 0 saturated carbocycles. The number of ether oxygens (including phenoxy) is 1. The topological polar surface area (TPSA) is 75.7 Å². The van der Waals surface area contributed by atoms with Crippen molar-refractivity contribution in [3.8, 4) is 5.75 Å². The van der Waals surface area contributed by atoms with E-state index in [9.17, 15) is 13.2 Å². The average Bonchev–Trinajstić information content (AvgIpc) is 2.71. The summed E-state index contributed by atoms with van der Waals surface area (Å²) in [7, 11) is -3.77. The van der Waals surface area contributed by atoms with Crippen LogP contribution in [0.4, 0.5) is 5.69 Å². The molecular formula is C21H24Cl2N2O4S. The van der Waals surface area contributed by atoms with Crippen LogP contribution in [0.2, 0.25) is 10.0 Å². The molecule has 30 heavy (non-hydrogen) atoms. The normalized spacial score (nSPS) is 17.5. The van der Waals surface area contributed by atoms with E-state index in [1.54, 1.807) is 24.3 Å². The lowest BCUT2D eigenvalue weighted by Crippen LogP contribution is -2.43. The summed E-state index contributed by atoms with van der Waals surface area (Å²) in [6.45, 7) is 4.59. The van der Waals surface area contributed by atoms with E-state index in [4.69, 9.17) is 27.9 Å². The van der Waals surface area contributed by atoms with Gasteiger partial charge in [0.15, 0.2) is 0 Å². The van der Waals surface area contributed by atoms with Gasteiger partial charge in [-0.1, -0.05) is 23.2 Å². The lowest BCUT2D eigenvalue weighted by Gasteiger charge is -2.31. The molecule has 9 heteroatoms. The van der Waals surface area contributed by atoms with Crippen molar-refractivity contribution in [3.63, 3.8) is 0 Å². The third kappa shape index (κ3) is 5.09. The summed E-state index contributed by atoms with van der Waals surface area (Å²) in [6, 6.07) is 9.64. The van der Waals surface area contributed by atoms with Crippen LogP contribution in [0.3, 0.4) is 0 Å². The first kappa shape index (κ1) is 22.9. The number of carbonyl (C=O) groups is 1. The van der Waals surface area contributed by atoms with Crippen molar-refractivity contribution in [3.05, 3.63) is 52.0 Å². The number of rotatable bonds is 6. The van der Waals surface area contributed by atoms with E-state index in [-0.39, 0.29) is 22.4 Å². The number of piperidine rings is 1. The number of nitrogens with zero attached hydrogens (tertiary/aromatic N) is 1. The van der Waals surface area contributed by atoms with Crippen molar-refractivity contribution in [1.82, 2.24) is 4.31 Å². The second kappa shape index (κ2) is 9.56. The first-order valence-corrected chi connectivity index (χ1v) is 11.9. The Kier molecular flexibility index (Phi) is 7.29. The number of amides is 1. The molecule has 1 atom stereocenters. The molecule has 1 N–H and O–H groups in total. The minimum Gasteiger partial charge on any atom is -0.492 e. The van der Waals surface area contributed by atoms with Crippen LogP contribution in [0.5, 0.6) is 5.75 Å². The van der Waals surface area contributed by atoms with Gasteiger partial charge in [-0.25, -0.2) is 8.42 Å². The van der Waals surface area contributed by atoms with Crippen molar-refractivity contribution in [2.45, 2.75) is 31.6 Å². The Morgan fingerprint density at radius 1 is 1.23 bits per heavy atom. The van der Waals surface area contributed by atoms with Gasteiger partial charge in [0.1, 0.15) is 5.75 Å². The van der Waals surface area contributed by atoms with Crippen LogP contribution >= 0.6 is 23.2 Å². The molecule has 1 aliphatic rings.